The predicted octanol–water partition coefficient (Wildman–Crippen LogP) is 2.37. The first-order valence-electron chi connectivity index (χ1n) is 3.48. The van der Waals surface area contributed by atoms with Crippen LogP contribution in [0.1, 0.15) is 5.76 Å². The summed E-state index contributed by atoms with van der Waals surface area (Å²) >= 11 is 0. The van der Waals surface area contributed by atoms with Crippen molar-refractivity contribution in [3.8, 4) is 11.7 Å². The Kier molecular flexibility index (Phi) is 1.59. The number of rotatable bonds is 2. The van der Waals surface area contributed by atoms with Crippen LogP contribution in [0, 0.1) is 6.92 Å². The second-order valence-corrected chi connectivity index (χ2v) is 2.33. The van der Waals surface area contributed by atoms with Crippen molar-refractivity contribution in [2.24, 2.45) is 0 Å². The maximum Gasteiger partial charge on any atom is 0.290 e. The van der Waals surface area contributed by atoms with Crippen LogP contribution >= 0.6 is 0 Å². The molecule has 2 aromatic heterocycles. The Morgan fingerprint density at radius 3 is 2.92 bits per heavy atom. The van der Waals surface area contributed by atoms with E-state index in [2.05, 4.69) is 9.68 Å². The first kappa shape index (κ1) is 6.97. The van der Waals surface area contributed by atoms with Crippen LogP contribution in [0.15, 0.2) is 33.5 Å². The first-order valence-corrected chi connectivity index (χ1v) is 3.48. The number of aromatic nitrogens is 1. The number of nitrogens with zero attached hydrogens (tertiary/aromatic N) is 1. The minimum absolute atomic E-state index is 0.440. The maximum absolute atomic E-state index is 5.22. The predicted molar refractivity (Wildman–Crippen MR) is 40.0 cm³/mol. The van der Waals surface area contributed by atoms with E-state index in [-0.39, 0.29) is 0 Å². The summed E-state index contributed by atoms with van der Waals surface area (Å²) in [6.07, 6.45) is 2.87. The second kappa shape index (κ2) is 2.73. The molecule has 0 unspecified atom stereocenters. The average molecular weight is 165 g/mol. The van der Waals surface area contributed by atoms with Crippen LogP contribution in [0.25, 0.3) is 0 Å². The summed E-state index contributed by atoms with van der Waals surface area (Å²) in [6, 6.07) is 3.56. The topological polar surface area (TPSA) is 48.4 Å². The minimum Gasteiger partial charge on any atom is -0.431 e. The Morgan fingerprint density at radius 2 is 2.33 bits per heavy atom. The van der Waals surface area contributed by atoms with E-state index in [4.69, 9.17) is 9.15 Å². The summed E-state index contributed by atoms with van der Waals surface area (Å²) < 4.78 is 15.0. The van der Waals surface area contributed by atoms with Crippen LogP contribution in [-0.2, 0) is 0 Å². The van der Waals surface area contributed by atoms with Gasteiger partial charge in [0.05, 0.1) is 0 Å². The lowest BCUT2D eigenvalue weighted by molar-refractivity contribution is 0.333. The summed E-state index contributed by atoms with van der Waals surface area (Å²) in [5, 5.41) is 3.48. The average Bonchev–Trinajstić information content (AvgIpc) is 2.63. The molecule has 12 heavy (non-hydrogen) atoms. The quantitative estimate of drug-likeness (QED) is 0.685. The molecule has 0 aliphatic carbocycles. The molecular formula is C8H7NO3. The standard InChI is InChI=1S/C8H7NO3/c1-6-2-3-8(11-6)12-7-4-9-10-5-7/h2-5H,1H3. The molecule has 0 aliphatic rings. The van der Waals surface area contributed by atoms with Crippen molar-refractivity contribution in [2.75, 3.05) is 0 Å². The Morgan fingerprint density at radius 1 is 1.42 bits per heavy atom. The molecule has 0 N–H and O–H groups in total. The molecule has 0 radical (unpaired) electrons. The molecule has 0 bridgehead atoms. The lowest BCUT2D eigenvalue weighted by Crippen LogP contribution is -1.76. The molecule has 0 aliphatic heterocycles. The van der Waals surface area contributed by atoms with Gasteiger partial charge in [-0.1, -0.05) is 5.16 Å². The van der Waals surface area contributed by atoms with E-state index in [0.29, 0.717) is 11.7 Å². The summed E-state index contributed by atoms with van der Waals surface area (Å²) in [5.41, 5.74) is 0. The molecule has 0 spiro atoms. The molecule has 62 valence electrons. The molecule has 0 amide bonds. The number of aryl methyl sites for hydroxylation is 1. The van der Waals surface area contributed by atoms with E-state index >= 15 is 0 Å². The third-order valence-electron chi connectivity index (χ3n) is 1.34. The van der Waals surface area contributed by atoms with Gasteiger partial charge in [-0.05, 0) is 13.0 Å². The van der Waals surface area contributed by atoms with Gasteiger partial charge in [0.2, 0.25) is 0 Å². The lowest BCUT2D eigenvalue weighted by Gasteiger charge is -1.93. The fraction of sp³-hybridized carbons (Fsp3) is 0.125. The molecule has 2 heterocycles. The molecule has 0 saturated carbocycles. The van der Waals surface area contributed by atoms with Gasteiger partial charge in [-0.25, -0.2) is 0 Å². The molecule has 4 heteroatoms. The fourth-order valence-electron chi connectivity index (χ4n) is 0.829. The Labute approximate surface area is 68.7 Å². The summed E-state index contributed by atoms with van der Waals surface area (Å²) in [6.45, 7) is 1.85. The van der Waals surface area contributed by atoms with Crippen molar-refractivity contribution < 1.29 is 13.7 Å². The third-order valence-corrected chi connectivity index (χ3v) is 1.34. The van der Waals surface area contributed by atoms with Crippen molar-refractivity contribution in [1.29, 1.82) is 0 Å². The van der Waals surface area contributed by atoms with Crippen LogP contribution in [0.2, 0.25) is 0 Å². The normalized spacial score (nSPS) is 10.1. The second-order valence-electron chi connectivity index (χ2n) is 2.33. The molecular weight excluding hydrogens is 158 g/mol. The molecule has 0 aromatic carbocycles. The van der Waals surface area contributed by atoms with Crippen molar-refractivity contribution in [3.05, 3.63) is 30.4 Å². The zero-order valence-corrected chi connectivity index (χ0v) is 6.48. The van der Waals surface area contributed by atoms with Gasteiger partial charge in [-0.15, -0.1) is 0 Å². The van der Waals surface area contributed by atoms with Crippen molar-refractivity contribution >= 4 is 0 Å². The van der Waals surface area contributed by atoms with Gasteiger partial charge in [0, 0.05) is 6.07 Å². The van der Waals surface area contributed by atoms with Gasteiger partial charge >= 0.3 is 0 Å². The largest absolute Gasteiger partial charge is 0.431 e. The molecule has 0 saturated heterocycles. The molecule has 2 rings (SSSR count). The Balaban J connectivity index is 2.14. The molecule has 2 aromatic rings. The van der Waals surface area contributed by atoms with E-state index in [9.17, 15) is 0 Å². The SMILES string of the molecule is Cc1ccc(Oc2cnoc2)o1. The number of furan rings is 1. The summed E-state index contributed by atoms with van der Waals surface area (Å²) in [7, 11) is 0. The summed E-state index contributed by atoms with van der Waals surface area (Å²) in [4.78, 5) is 0. The van der Waals surface area contributed by atoms with Crippen LogP contribution in [0.3, 0.4) is 0 Å². The minimum atomic E-state index is 0.440. The summed E-state index contributed by atoms with van der Waals surface area (Å²) in [5.74, 6) is 1.78. The van der Waals surface area contributed by atoms with E-state index in [1.807, 2.05) is 13.0 Å². The molecule has 0 atom stereocenters. The van der Waals surface area contributed by atoms with Gasteiger partial charge in [0.1, 0.15) is 12.0 Å². The van der Waals surface area contributed by atoms with E-state index in [0.717, 1.165) is 5.76 Å². The van der Waals surface area contributed by atoms with Gasteiger partial charge < -0.3 is 13.7 Å². The number of hydrogen-bond acceptors (Lipinski definition) is 4. The highest BCUT2D eigenvalue weighted by molar-refractivity contribution is 5.19. The third kappa shape index (κ3) is 1.32. The highest BCUT2D eigenvalue weighted by Gasteiger charge is 2.02. The van der Waals surface area contributed by atoms with Crippen molar-refractivity contribution in [3.63, 3.8) is 0 Å². The zero-order valence-electron chi connectivity index (χ0n) is 6.48. The van der Waals surface area contributed by atoms with Crippen LogP contribution in [0.5, 0.6) is 11.7 Å². The Bertz CT molecular complexity index is 350. The van der Waals surface area contributed by atoms with E-state index in [1.165, 1.54) is 12.5 Å². The van der Waals surface area contributed by atoms with E-state index in [1.54, 1.807) is 6.07 Å². The first-order chi connectivity index (χ1) is 5.84. The zero-order chi connectivity index (χ0) is 8.39. The monoisotopic (exact) mass is 165 g/mol. The van der Waals surface area contributed by atoms with Gasteiger partial charge in [-0.2, -0.15) is 0 Å². The van der Waals surface area contributed by atoms with Gasteiger partial charge in [0.15, 0.2) is 12.0 Å². The van der Waals surface area contributed by atoms with Crippen LogP contribution in [0.4, 0.5) is 0 Å². The van der Waals surface area contributed by atoms with Crippen LogP contribution in [-0.4, -0.2) is 5.16 Å². The Hall–Kier alpha value is -1.71. The number of ether oxygens (including phenoxy) is 1. The van der Waals surface area contributed by atoms with E-state index < -0.39 is 0 Å². The smallest absolute Gasteiger partial charge is 0.290 e. The van der Waals surface area contributed by atoms with Crippen LogP contribution < -0.4 is 4.74 Å². The highest BCUT2D eigenvalue weighted by atomic mass is 16.6. The maximum atomic E-state index is 5.22. The van der Waals surface area contributed by atoms with Gasteiger partial charge in [0.25, 0.3) is 5.95 Å². The van der Waals surface area contributed by atoms with Crippen molar-refractivity contribution in [2.45, 2.75) is 6.92 Å². The highest BCUT2D eigenvalue weighted by Crippen LogP contribution is 2.22. The lowest BCUT2D eigenvalue weighted by atomic mass is 10.5. The molecule has 4 nitrogen and oxygen atoms in total. The molecule has 0 fully saturated rings. The van der Waals surface area contributed by atoms with Gasteiger partial charge in [-0.3, -0.25) is 0 Å². The van der Waals surface area contributed by atoms with Crippen molar-refractivity contribution in [1.82, 2.24) is 5.16 Å². The number of hydrogen-bond donors (Lipinski definition) is 0. The fourth-order valence-corrected chi connectivity index (χ4v) is 0.829.